The van der Waals surface area contributed by atoms with Crippen LogP contribution in [0.5, 0.6) is 0 Å². The Labute approximate surface area is 139 Å². The van der Waals surface area contributed by atoms with Crippen molar-refractivity contribution in [3.8, 4) is 6.07 Å². The van der Waals surface area contributed by atoms with Gasteiger partial charge in [0.1, 0.15) is 0 Å². The van der Waals surface area contributed by atoms with Gasteiger partial charge in [-0.05, 0) is 42.7 Å². The standard InChI is InChI=1S/C21H24N2/c22-16-15-17-11-13-20(14-12-17)23-21(18-7-3-1-4-8-18)19-9-5-2-6-10-19/h1-10,17,20-21,23H,11-15H2. The van der Waals surface area contributed by atoms with Crippen LogP contribution in [0.2, 0.25) is 0 Å². The van der Waals surface area contributed by atoms with E-state index >= 15 is 0 Å². The van der Waals surface area contributed by atoms with Gasteiger partial charge in [0.05, 0.1) is 12.1 Å². The fourth-order valence-corrected chi connectivity index (χ4v) is 3.57. The molecule has 2 heteroatoms. The molecule has 1 aliphatic carbocycles. The van der Waals surface area contributed by atoms with E-state index in [1.54, 1.807) is 0 Å². The van der Waals surface area contributed by atoms with Crippen LogP contribution in [0.15, 0.2) is 60.7 Å². The molecule has 2 aromatic rings. The molecule has 1 saturated carbocycles. The lowest BCUT2D eigenvalue weighted by atomic mass is 9.83. The highest BCUT2D eigenvalue weighted by atomic mass is 15.0. The Hall–Kier alpha value is -2.11. The lowest BCUT2D eigenvalue weighted by Crippen LogP contribution is -2.36. The first-order valence-corrected chi connectivity index (χ1v) is 8.59. The van der Waals surface area contributed by atoms with Crippen molar-refractivity contribution >= 4 is 0 Å². The molecular weight excluding hydrogens is 280 g/mol. The first kappa shape index (κ1) is 15.8. The smallest absolute Gasteiger partial charge is 0.0624 e. The molecule has 0 heterocycles. The van der Waals surface area contributed by atoms with Crippen LogP contribution in [0, 0.1) is 17.2 Å². The van der Waals surface area contributed by atoms with Crippen LogP contribution in [0.4, 0.5) is 0 Å². The van der Waals surface area contributed by atoms with E-state index < -0.39 is 0 Å². The van der Waals surface area contributed by atoms with Crippen LogP contribution >= 0.6 is 0 Å². The summed E-state index contributed by atoms with van der Waals surface area (Å²) in [7, 11) is 0. The molecule has 23 heavy (non-hydrogen) atoms. The number of benzene rings is 2. The zero-order valence-corrected chi connectivity index (χ0v) is 13.5. The van der Waals surface area contributed by atoms with E-state index in [2.05, 4.69) is 72.0 Å². The number of nitrogens with zero attached hydrogens (tertiary/aromatic N) is 1. The Morgan fingerprint density at radius 2 is 1.39 bits per heavy atom. The van der Waals surface area contributed by atoms with Gasteiger partial charge in [0.15, 0.2) is 0 Å². The third-order valence-corrected chi connectivity index (χ3v) is 4.89. The second kappa shape index (κ2) is 7.94. The van der Waals surface area contributed by atoms with Gasteiger partial charge in [0.25, 0.3) is 0 Å². The first-order valence-electron chi connectivity index (χ1n) is 8.59. The summed E-state index contributed by atoms with van der Waals surface area (Å²) in [4.78, 5) is 0. The maximum atomic E-state index is 8.86. The molecule has 0 radical (unpaired) electrons. The summed E-state index contributed by atoms with van der Waals surface area (Å²) in [5.41, 5.74) is 2.63. The fourth-order valence-electron chi connectivity index (χ4n) is 3.57. The molecule has 2 aromatic carbocycles. The third-order valence-electron chi connectivity index (χ3n) is 4.89. The van der Waals surface area contributed by atoms with Crippen molar-refractivity contribution in [3.05, 3.63) is 71.8 Å². The summed E-state index contributed by atoms with van der Waals surface area (Å²) < 4.78 is 0. The number of nitrogens with one attached hydrogen (secondary N) is 1. The molecule has 1 fully saturated rings. The van der Waals surface area contributed by atoms with Crippen LogP contribution < -0.4 is 5.32 Å². The topological polar surface area (TPSA) is 35.8 Å². The van der Waals surface area contributed by atoms with Crippen molar-refractivity contribution in [2.24, 2.45) is 5.92 Å². The molecule has 0 bridgehead atoms. The van der Waals surface area contributed by atoms with Crippen molar-refractivity contribution in [1.82, 2.24) is 5.32 Å². The minimum absolute atomic E-state index is 0.245. The van der Waals surface area contributed by atoms with Crippen LogP contribution in [0.3, 0.4) is 0 Å². The number of nitriles is 1. The summed E-state index contributed by atoms with van der Waals surface area (Å²) >= 11 is 0. The normalized spacial score (nSPS) is 21.0. The Morgan fingerprint density at radius 1 is 0.870 bits per heavy atom. The van der Waals surface area contributed by atoms with E-state index in [-0.39, 0.29) is 6.04 Å². The Balaban J connectivity index is 1.72. The fraction of sp³-hybridized carbons (Fsp3) is 0.381. The molecule has 1 aliphatic rings. The van der Waals surface area contributed by atoms with Crippen LogP contribution in [-0.2, 0) is 0 Å². The average Bonchev–Trinajstić information content (AvgIpc) is 2.63. The largest absolute Gasteiger partial charge is 0.303 e. The molecule has 0 atom stereocenters. The van der Waals surface area contributed by atoms with Crippen LogP contribution in [-0.4, -0.2) is 6.04 Å². The molecule has 1 N–H and O–H groups in total. The van der Waals surface area contributed by atoms with Gasteiger partial charge < -0.3 is 5.32 Å². The van der Waals surface area contributed by atoms with Crippen molar-refractivity contribution in [2.75, 3.05) is 0 Å². The van der Waals surface area contributed by atoms with Crippen molar-refractivity contribution < 1.29 is 0 Å². The molecular formula is C21H24N2. The molecule has 0 aromatic heterocycles. The second-order valence-corrected chi connectivity index (χ2v) is 6.50. The van der Waals surface area contributed by atoms with Gasteiger partial charge in [-0.25, -0.2) is 0 Å². The van der Waals surface area contributed by atoms with Gasteiger partial charge in [-0.15, -0.1) is 0 Å². The zero-order chi connectivity index (χ0) is 15.9. The lowest BCUT2D eigenvalue weighted by molar-refractivity contribution is 0.285. The highest BCUT2D eigenvalue weighted by Gasteiger charge is 2.24. The molecule has 118 valence electrons. The molecule has 2 nitrogen and oxygen atoms in total. The minimum Gasteiger partial charge on any atom is -0.303 e. The van der Waals surface area contributed by atoms with E-state index in [1.807, 2.05) is 0 Å². The molecule has 0 saturated heterocycles. The highest BCUT2D eigenvalue weighted by Crippen LogP contribution is 2.30. The molecule has 0 spiro atoms. The predicted octanol–water partition coefficient (Wildman–Crippen LogP) is 4.84. The average molecular weight is 304 g/mol. The van der Waals surface area contributed by atoms with E-state index in [1.165, 1.54) is 36.8 Å². The number of rotatable bonds is 5. The Morgan fingerprint density at radius 3 is 1.87 bits per heavy atom. The van der Waals surface area contributed by atoms with Crippen molar-refractivity contribution in [3.63, 3.8) is 0 Å². The van der Waals surface area contributed by atoms with Gasteiger partial charge in [-0.2, -0.15) is 5.26 Å². The SMILES string of the molecule is N#CCC1CCC(NC(c2ccccc2)c2ccccc2)CC1. The summed E-state index contributed by atoms with van der Waals surface area (Å²) in [6.45, 7) is 0. The van der Waals surface area contributed by atoms with E-state index in [9.17, 15) is 0 Å². The van der Waals surface area contributed by atoms with E-state index in [0.29, 0.717) is 18.4 Å². The molecule has 0 amide bonds. The second-order valence-electron chi connectivity index (χ2n) is 6.50. The van der Waals surface area contributed by atoms with E-state index in [4.69, 9.17) is 5.26 Å². The van der Waals surface area contributed by atoms with Gasteiger partial charge in [-0.1, -0.05) is 60.7 Å². The maximum absolute atomic E-state index is 8.86. The van der Waals surface area contributed by atoms with Gasteiger partial charge in [-0.3, -0.25) is 0 Å². The van der Waals surface area contributed by atoms with Gasteiger partial charge in [0, 0.05) is 12.5 Å². The van der Waals surface area contributed by atoms with Gasteiger partial charge in [0.2, 0.25) is 0 Å². The minimum atomic E-state index is 0.245. The number of hydrogen-bond acceptors (Lipinski definition) is 2. The lowest BCUT2D eigenvalue weighted by Gasteiger charge is -2.32. The van der Waals surface area contributed by atoms with Crippen LogP contribution in [0.25, 0.3) is 0 Å². The summed E-state index contributed by atoms with van der Waals surface area (Å²) in [5.74, 6) is 0.602. The highest BCUT2D eigenvalue weighted by molar-refractivity contribution is 5.31. The monoisotopic (exact) mass is 304 g/mol. The Bertz CT molecular complexity index is 582. The first-order chi connectivity index (χ1) is 11.4. The molecule has 0 unspecified atom stereocenters. The maximum Gasteiger partial charge on any atom is 0.0624 e. The summed E-state index contributed by atoms with van der Waals surface area (Å²) in [5, 5.41) is 12.7. The summed E-state index contributed by atoms with van der Waals surface area (Å²) in [6, 6.07) is 24.5. The molecule has 0 aliphatic heterocycles. The third kappa shape index (κ3) is 4.21. The van der Waals surface area contributed by atoms with Crippen LogP contribution in [0.1, 0.15) is 49.3 Å². The van der Waals surface area contributed by atoms with Crippen molar-refractivity contribution in [1.29, 1.82) is 5.26 Å². The van der Waals surface area contributed by atoms with E-state index in [0.717, 1.165) is 0 Å². The quantitative estimate of drug-likeness (QED) is 0.858. The van der Waals surface area contributed by atoms with Crippen molar-refractivity contribution in [2.45, 2.75) is 44.2 Å². The predicted molar refractivity (Wildman–Crippen MR) is 93.8 cm³/mol. The zero-order valence-electron chi connectivity index (χ0n) is 13.5. The summed E-state index contributed by atoms with van der Waals surface area (Å²) in [6.07, 6.45) is 5.39. The van der Waals surface area contributed by atoms with Gasteiger partial charge >= 0.3 is 0 Å². The molecule has 3 rings (SSSR count). The number of hydrogen-bond donors (Lipinski definition) is 1. The Kier molecular flexibility index (Phi) is 5.45.